The highest BCUT2D eigenvalue weighted by atomic mass is 19.1. The van der Waals surface area contributed by atoms with Gasteiger partial charge in [-0.25, -0.2) is 4.39 Å². The van der Waals surface area contributed by atoms with Crippen LogP contribution in [-0.4, -0.2) is 6.54 Å². The molecule has 2 nitrogen and oxygen atoms in total. The molecular weight excluding hydrogens is 251 g/mol. The van der Waals surface area contributed by atoms with Crippen LogP contribution in [0.5, 0.6) is 0 Å². The Labute approximate surface area is 120 Å². The molecule has 0 heterocycles. The molecule has 2 N–H and O–H groups in total. The summed E-state index contributed by atoms with van der Waals surface area (Å²) >= 11 is 0. The summed E-state index contributed by atoms with van der Waals surface area (Å²) in [5, 5.41) is 0. The first kappa shape index (κ1) is 14.5. The highest BCUT2D eigenvalue weighted by Crippen LogP contribution is 2.20. The minimum atomic E-state index is -0.180. The van der Waals surface area contributed by atoms with E-state index in [1.807, 2.05) is 12.1 Å². The van der Waals surface area contributed by atoms with Crippen LogP contribution < -0.4 is 10.6 Å². The van der Waals surface area contributed by atoms with Gasteiger partial charge >= 0.3 is 0 Å². The Kier molecular flexibility index (Phi) is 4.74. The first-order valence-corrected chi connectivity index (χ1v) is 6.93. The van der Waals surface area contributed by atoms with Crippen LogP contribution in [0.3, 0.4) is 0 Å². The molecule has 0 atom stereocenters. The van der Waals surface area contributed by atoms with E-state index in [9.17, 15) is 4.39 Å². The second-order valence-electron chi connectivity index (χ2n) is 4.94. The van der Waals surface area contributed by atoms with Crippen molar-refractivity contribution >= 4 is 5.69 Å². The molecule has 0 bridgehead atoms. The third-order valence-electron chi connectivity index (χ3n) is 3.52. The largest absolute Gasteiger partial charge is 0.367 e. The van der Waals surface area contributed by atoms with Gasteiger partial charge < -0.3 is 10.6 Å². The maximum atomic E-state index is 14.2. The average Bonchev–Trinajstić information content (AvgIpc) is 2.47. The Morgan fingerprint density at radius 2 is 1.70 bits per heavy atom. The van der Waals surface area contributed by atoms with E-state index in [4.69, 9.17) is 5.73 Å². The summed E-state index contributed by atoms with van der Waals surface area (Å²) in [6.45, 7) is 5.75. The van der Waals surface area contributed by atoms with Gasteiger partial charge in [0.05, 0.1) is 0 Å². The predicted molar refractivity (Wildman–Crippen MR) is 82.2 cm³/mol. The molecule has 2 aromatic carbocycles. The lowest BCUT2D eigenvalue weighted by molar-refractivity contribution is 0.589. The van der Waals surface area contributed by atoms with E-state index in [1.165, 1.54) is 5.56 Å². The van der Waals surface area contributed by atoms with Gasteiger partial charge in [0.2, 0.25) is 0 Å². The van der Waals surface area contributed by atoms with Crippen molar-refractivity contribution in [3.05, 3.63) is 65.0 Å². The molecule has 0 aliphatic rings. The molecule has 0 amide bonds. The van der Waals surface area contributed by atoms with Gasteiger partial charge in [-0.05, 0) is 26.0 Å². The zero-order valence-corrected chi connectivity index (χ0v) is 12.1. The quantitative estimate of drug-likeness (QED) is 0.900. The highest BCUT2D eigenvalue weighted by molar-refractivity contribution is 5.48. The van der Waals surface area contributed by atoms with Crippen LogP contribution in [0.1, 0.15) is 23.6 Å². The molecule has 3 heteroatoms. The van der Waals surface area contributed by atoms with E-state index in [0.29, 0.717) is 17.7 Å². The Morgan fingerprint density at radius 3 is 2.30 bits per heavy atom. The molecule has 0 spiro atoms. The molecule has 0 aromatic heterocycles. The monoisotopic (exact) mass is 272 g/mol. The number of nitrogens with zero attached hydrogens (tertiary/aromatic N) is 1. The molecule has 2 rings (SSSR count). The normalized spacial score (nSPS) is 10.6. The van der Waals surface area contributed by atoms with Crippen molar-refractivity contribution in [2.75, 3.05) is 11.4 Å². The van der Waals surface area contributed by atoms with Crippen molar-refractivity contribution in [1.29, 1.82) is 0 Å². The predicted octanol–water partition coefficient (Wildman–Crippen LogP) is 3.62. The van der Waals surface area contributed by atoms with Crippen LogP contribution in [0.25, 0.3) is 0 Å². The maximum absolute atomic E-state index is 14.2. The van der Waals surface area contributed by atoms with Crippen molar-refractivity contribution in [3.63, 3.8) is 0 Å². The first-order valence-electron chi connectivity index (χ1n) is 6.93. The molecule has 0 saturated carbocycles. The second-order valence-corrected chi connectivity index (χ2v) is 4.94. The van der Waals surface area contributed by atoms with E-state index in [-0.39, 0.29) is 12.4 Å². The molecule has 0 unspecified atom stereocenters. The summed E-state index contributed by atoms with van der Waals surface area (Å²) in [5.74, 6) is -0.180. The number of aryl methyl sites for hydroxylation is 1. The summed E-state index contributed by atoms with van der Waals surface area (Å²) in [4.78, 5) is 2.15. The molecule has 0 aliphatic carbocycles. The van der Waals surface area contributed by atoms with Gasteiger partial charge in [-0.2, -0.15) is 0 Å². The van der Waals surface area contributed by atoms with E-state index in [2.05, 4.69) is 43.0 Å². The zero-order chi connectivity index (χ0) is 14.5. The lowest BCUT2D eigenvalue weighted by Crippen LogP contribution is -2.23. The van der Waals surface area contributed by atoms with Gasteiger partial charge in [0.15, 0.2) is 0 Å². The Bertz CT molecular complexity index is 564. The molecule has 0 fully saturated rings. The SMILES string of the molecule is CCN(Cc1cccc(CN)c1F)c1ccc(C)cc1. The maximum Gasteiger partial charge on any atom is 0.132 e. The smallest absolute Gasteiger partial charge is 0.132 e. The number of hydrogen-bond acceptors (Lipinski definition) is 2. The van der Waals surface area contributed by atoms with Crippen molar-refractivity contribution in [2.45, 2.75) is 26.9 Å². The molecule has 0 saturated heterocycles. The second kappa shape index (κ2) is 6.53. The highest BCUT2D eigenvalue weighted by Gasteiger charge is 2.11. The van der Waals surface area contributed by atoms with Crippen molar-refractivity contribution < 1.29 is 4.39 Å². The molecule has 0 aliphatic heterocycles. The van der Waals surface area contributed by atoms with E-state index < -0.39 is 0 Å². The van der Waals surface area contributed by atoms with Crippen LogP contribution in [0, 0.1) is 12.7 Å². The van der Waals surface area contributed by atoms with Crippen LogP contribution in [-0.2, 0) is 13.1 Å². The number of benzene rings is 2. The summed E-state index contributed by atoms with van der Waals surface area (Å²) in [6, 6.07) is 13.7. The Morgan fingerprint density at radius 1 is 1.05 bits per heavy atom. The number of anilines is 1. The van der Waals surface area contributed by atoms with Crippen LogP contribution in [0.15, 0.2) is 42.5 Å². The topological polar surface area (TPSA) is 29.3 Å². The fourth-order valence-electron chi connectivity index (χ4n) is 2.26. The lowest BCUT2D eigenvalue weighted by atomic mass is 10.1. The van der Waals surface area contributed by atoms with E-state index in [1.54, 1.807) is 6.07 Å². The third-order valence-corrected chi connectivity index (χ3v) is 3.52. The molecule has 0 radical (unpaired) electrons. The van der Waals surface area contributed by atoms with Crippen LogP contribution in [0.4, 0.5) is 10.1 Å². The minimum absolute atomic E-state index is 0.180. The Balaban J connectivity index is 2.24. The summed E-state index contributed by atoms with van der Waals surface area (Å²) < 4.78 is 14.2. The fraction of sp³-hybridized carbons (Fsp3) is 0.294. The van der Waals surface area contributed by atoms with Crippen molar-refractivity contribution in [2.24, 2.45) is 5.73 Å². The number of hydrogen-bond donors (Lipinski definition) is 1. The summed E-state index contributed by atoms with van der Waals surface area (Å²) in [7, 11) is 0. The Hall–Kier alpha value is -1.87. The van der Waals surface area contributed by atoms with Gasteiger partial charge in [-0.1, -0.05) is 35.9 Å². The van der Waals surface area contributed by atoms with Gasteiger partial charge in [0.25, 0.3) is 0 Å². The van der Waals surface area contributed by atoms with E-state index in [0.717, 1.165) is 12.2 Å². The summed E-state index contributed by atoms with van der Waals surface area (Å²) in [5.41, 5.74) is 9.15. The third kappa shape index (κ3) is 3.17. The zero-order valence-electron chi connectivity index (χ0n) is 12.1. The first-order chi connectivity index (χ1) is 9.65. The van der Waals surface area contributed by atoms with Gasteiger partial charge in [-0.3, -0.25) is 0 Å². The van der Waals surface area contributed by atoms with Gasteiger partial charge in [-0.15, -0.1) is 0 Å². The van der Waals surface area contributed by atoms with Crippen molar-refractivity contribution in [1.82, 2.24) is 0 Å². The lowest BCUT2D eigenvalue weighted by Gasteiger charge is -2.24. The number of rotatable bonds is 5. The number of nitrogens with two attached hydrogens (primary N) is 1. The van der Waals surface area contributed by atoms with Crippen molar-refractivity contribution in [3.8, 4) is 0 Å². The fourth-order valence-corrected chi connectivity index (χ4v) is 2.26. The molecular formula is C17H21FN2. The van der Waals surface area contributed by atoms with Crippen LogP contribution in [0.2, 0.25) is 0 Å². The van der Waals surface area contributed by atoms with Gasteiger partial charge in [0, 0.05) is 36.4 Å². The molecule has 106 valence electrons. The van der Waals surface area contributed by atoms with Gasteiger partial charge in [0.1, 0.15) is 5.82 Å². The van der Waals surface area contributed by atoms with E-state index >= 15 is 0 Å². The number of halogens is 1. The average molecular weight is 272 g/mol. The molecule has 2 aromatic rings. The summed E-state index contributed by atoms with van der Waals surface area (Å²) in [6.07, 6.45) is 0. The minimum Gasteiger partial charge on any atom is -0.367 e. The standard InChI is InChI=1S/C17H21FN2/c1-3-20(16-9-7-13(2)8-10-16)12-15-6-4-5-14(11-19)17(15)18/h4-10H,3,11-12,19H2,1-2H3. The molecule has 20 heavy (non-hydrogen) atoms. The van der Waals surface area contributed by atoms with Crippen LogP contribution >= 0.6 is 0 Å².